The number of hydrogen-bond acceptors (Lipinski definition) is 3. The van der Waals surface area contributed by atoms with Gasteiger partial charge >= 0.3 is 0 Å². The van der Waals surface area contributed by atoms with Crippen LogP contribution in [0.1, 0.15) is 10.4 Å². The zero-order chi connectivity index (χ0) is 15.4. The van der Waals surface area contributed by atoms with Crippen LogP contribution in [0.15, 0.2) is 40.9 Å². The average molecular weight is 371 g/mol. The van der Waals surface area contributed by atoms with Crippen molar-refractivity contribution in [2.45, 2.75) is 0 Å². The molecule has 21 heavy (non-hydrogen) atoms. The molecule has 1 amide bonds. The zero-order valence-electron chi connectivity index (χ0n) is 11.4. The molecule has 0 saturated carbocycles. The van der Waals surface area contributed by atoms with Crippen LogP contribution in [0.2, 0.25) is 5.02 Å². The molecule has 0 bridgehead atoms. The lowest BCUT2D eigenvalue weighted by Crippen LogP contribution is -2.12. The topological polar surface area (TPSA) is 47.6 Å². The summed E-state index contributed by atoms with van der Waals surface area (Å²) in [5.41, 5.74) is 1.06. The second-order valence-corrected chi connectivity index (χ2v) is 5.39. The number of ether oxygens (including phenoxy) is 2. The lowest BCUT2D eigenvalue weighted by Gasteiger charge is -2.12. The predicted octanol–water partition coefficient (Wildman–Crippen LogP) is 4.37. The standard InChI is InChI=1S/C15H13BrClNO3/c1-20-13-8-9(7-11(17)14(13)21-2)15(19)18-12-6-4-3-5-10(12)16/h3-8H,1-2H3,(H,18,19). The van der Waals surface area contributed by atoms with Crippen LogP contribution in [0.25, 0.3) is 0 Å². The Balaban J connectivity index is 2.32. The van der Waals surface area contributed by atoms with Crippen molar-refractivity contribution in [3.63, 3.8) is 0 Å². The van der Waals surface area contributed by atoms with Gasteiger partial charge in [-0.15, -0.1) is 0 Å². The Kier molecular flexibility index (Phi) is 5.09. The first kappa shape index (κ1) is 15.7. The number of amides is 1. The van der Waals surface area contributed by atoms with Crippen LogP contribution in [-0.4, -0.2) is 20.1 Å². The molecule has 0 unspecified atom stereocenters. The Morgan fingerprint density at radius 3 is 2.52 bits per heavy atom. The molecule has 0 spiro atoms. The Morgan fingerprint density at radius 2 is 1.90 bits per heavy atom. The van der Waals surface area contributed by atoms with E-state index in [4.69, 9.17) is 21.1 Å². The summed E-state index contributed by atoms with van der Waals surface area (Å²) in [6.45, 7) is 0. The first-order chi connectivity index (χ1) is 10.1. The number of rotatable bonds is 4. The van der Waals surface area contributed by atoms with Gasteiger partial charge in [0.15, 0.2) is 11.5 Å². The molecule has 6 heteroatoms. The van der Waals surface area contributed by atoms with Gasteiger partial charge in [0.1, 0.15) is 0 Å². The number of nitrogens with one attached hydrogen (secondary N) is 1. The molecule has 0 saturated heterocycles. The molecular weight excluding hydrogens is 358 g/mol. The number of halogens is 2. The molecule has 1 N–H and O–H groups in total. The minimum Gasteiger partial charge on any atom is -0.493 e. The van der Waals surface area contributed by atoms with E-state index in [1.165, 1.54) is 20.3 Å². The fourth-order valence-corrected chi connectivity index (χ4v) is 2.48. The third-order valence-electron chi connectivity index (χ3n) is 2.82. The van der Waals surface area contributed by atoms with Crippen molar-refractivity contribution in [2.75, 3.05) is 19.5 Å². The Bertz CT molecular complexity index is 676. The minimum atomic E-state index is -0.287. The van der Waals surface area contributed by atoms with E-state index in [0.717, 1.165) is 4.47 Å². The molecule has 2 rings (SSSR count). The molecule has 0 aliphatic carbocycles. The van der Waals surface area contributed by atoms with Crippen molar-refractivity contribution in [2.24, 2.45) is 0 Å². The quantitative estimate of drug-likeness (QED) is 0.869. The Morgan fingerprint density at radius 1 is 1.19 bits per heavy atom. The van der Waals surface area contributed by atoms with Gasteiger partial charge in [-0.05, 0) is 40.2 Å². The van der Waals surface area contributed by atoms with E-state index in [2.05, 4.69) is 21.2 Å². The Hall–Kier alpha value is -1.72. The van der Waals surface area contributed by atoms with Gasteiger partial charge < -0.3 is 14.8 Å². The second kappa shape index (κ2) is 6.83. The van der Waals surface area contributed by atoms with Crippen molar-refractivity contribution >= 4 is 39.1 Å². The molecule has 0 fully saturated rings. The van der Waals surface area contributed by atoms with Crippen LogP contribution in [-0.2, 0) is 0 Å². The van der Waals surface area contributed by atoms with Crippen LogP contribution in [0.4, 0.5) is 5.69 Å². The predicted molar refractivity (Wildman–Crippen MR) is 86.7 cm³/mol. The molecule has 4 nitrogen and oxygen atoms in total. The maximum atomic E-state index is 12.3. The van der Waals surface area contributed by atoms with Gasteiger partial charge in [0.2, 0.25) is 0 Å². The van der Waals surface area contributed by atoms with Crippen molar-refractivity contribution < 1.29 is 14.3 Å². The van der Waals surface area contributed by atoms with E-state index in [1.54, 1.807) is 12.1 Å². The Labute approximate surface area is 136 Å². The molecule has 0 aliphatic heterocycles. The van der Waals surface area contributed by atoms with E-state index >= 15 is 0 Å². The molecule has 0 radical (unpaired) electrons. The highest BCUT2D eigenvalue weighted by atomic mass is 79.9. The highest BCUT2D eigenvalue weighted by Crippen LogP contribution is 2.36. The summed E-state index contributed by atoms with van der Waals surface area (Å²) < 4.78 is 11.1. The summed E-state index contributed by atoms with van der Waals surface area (Å²) in [5, 5.41) is 3.12. The largest absolute Gasteiger partial charge is 0.493 e. The first-order valence-electron chi connectivity index (χ1n) is 6.04. The number of hydrogen-bond donors (Lipinski definition) is 1. The van der Waals surface area contributed by atoms with E-state index in [1.807, 2.05) is 18.2 Å². The van der Waals surface area contributed by atoms with E-state index in [0.29, 0.717) is 27.8 Å². The minimum absolute atomic E-state index is 0.287. The molecule has 2 aromatic carbocycles. The molecule has 0 aliphatic rings. The third kappa shape index (κ3) is 3.49. The van der Waals surface area contributed by atoms with Crippen LogP contribution < -0.4 is 14.8 Å². The van der Waals surface area contributed by atoms with Crippen molar-refractivity contribution in [1.82, 2.24) is 0 Å². The van der Waals surface area contributed by atoms with Gasteiger partial charge in [-0.25, -0.2) is 0 Å². The summed E-state index contributed by atoms with van der Waals surface area (Å²) in [6.07, 6.45) is 0. The van der Waals surface area contributed by atoms with Crippen LogP contribution >= 0.6 is 27.5 Å². The highest BCUT2D eigenvalue weighted by molar-refractivity contribution is 9.10. The van der Waals surface area contributed by atoms with Crippen molar-refractivity contribution in [1.29, 1.82) is 0 Å². The maximum Gasteiger partial charge on any atom is 0.255 e. The average Bonchev–Trinajstić information content (AvgIpc) is 2.48. The number of anilines is 1. The SMILES string of the molecule is COc1cc(C(=O)Nc2ccccc2Br)cc(Cl)c1OC. The molecule has 0 aromatic heterocycles. The summed E-state index contributed by atoms with van der Waals surface area (Å²) in [7, 11) is 2.98. The van der Waals surface area contributed by atoms with Crippen molar-refractivity contribution in [3.05, 3.63) is 51.5 Å². The third-order valence-corrected chi connectivity index (χ3v) is 3.79. The second-order valence-electron chi connectivity index (χ2n) is 4.13. The lowest BCUT2D eigenvalue weighted by molar-refractivity contribution is 0.102. The zero-order valence-corrected chi connectivity index (χ0v) is 13.8. The van der Waals surface area contributed by atoms with E-state index in [9.17, 15) is 4.79 Å². The smallest absolute Gasteiger partial charge is 0.255 e. The fraction of sp³-hybridized carbons (Fsp3) is 0.133. The van der Waals surface area contributed by atoms with Crippen LogP contribution in [0.5, 0.6) is 11.5 Å². The first-order valence-corrected chi connectivity index (χ1v) is 7.21. The van der Waals surface area contributed by atoms with Gasteiger partial charge in [0.05, 0.1) is 24.9 Å². The normalized spacial score (nSPS) is 10.1. The summed E-state index contributed by atoms with van der Waals surface area (Å²) in [4.78, 5) is 12.3. The van der Waals surface area contributed by atoms with Gasteiger partial charge in [0, 0.05) is 10.0 Å². The fourth-order valence-electron chi connectivity index (χ4n) is 1.81. The molecular formula is C15H13BrClNO3. The molecule has 0 atom stereocenters. The molecule has 0 heterocycles. The number of benzene rings is 2. The van der Waals surface area contributed by atoms with Crippen LogP contribution in [0.3, 0.4) is 0 Å². The summed E-state index contributed by atoms with van der Waals surface area (Å²) in [6, 6.07) is 10.5. The number of para-hydroxylation sites is 1. The van der Waals surface area contributed by atoms with Gasteiger partial charge in [-0.2, -0.15) is 0 Å². The molecule has 110 valence electrons. The van der Waals surface area contributed by atoms with Gasteiger partial charge in [-0.1, -0.05) is 23.7 Å². The number of methoxy groups -OCH3 is 2. The summed E-state index contributed by atoms with van der Waals surface area (Å²) in [5.74, 6) is 0.517. The number of carbonyl (C=O) groups excluding carboxylic acids is 1. The molecule has 2 aromatic rings. The monoisotopic (exact) mass is 369 g/mol. The highest BCUT2D eigenvalue weighted by Gasteiger charge is 2.15. The van der Waals surface area contributed by atoms with Crippen molar-refractivity contribution in [3.8, 4) is 11.5 Å². The van der Waals surface area contributed by atoms with Gasteiger partial charge in [0.25, 0.3) is 5.91 Å². The van der Waals surface area contributed by atoms with Gasteiger partial charge in [-0.3, -0.25) is 4.79 Å². The lowest BCUT2D eigenvalue weighted by atomic mass is 10.1. The number of carbonyl (C=O) groups is 1. The maximum absolute atomic E-state index is 12.3. The van der Waals surface area contributed by atoms with Crippen LogP contribution in [0, 0.1) is 0 Å². The van der Waals surface area contributed by atoms with E-state index < -0.39 is 0 Å². The van der Waals surface area contributed by atoms with E-state index in [-0.39, 0.29) is 5.91 Å². The summed E-state index contributed by atoms with van der Waals surface area (Å²) >= 11 is 9.47.